The fourth-order valence-electron chi connectivity index (χ4n) is 3.56. The summed E-state index contributed by atoms with van der Waals surface area (Å²) < 4.78 is 2.67. The summed E-state index contributed by atoms with van der Waals surface area (Å²) in [6.45, 7) is 10.4. The van der Waals surface area contributed by atoms with Crippen LogP contribution in [0.2, 0.25) is 0 Å². The monoisotopic (exact) mass is 399 g/mol. The van der Waals surface area contributed by atoms with Gasteiger partial charge in [0.25, 0.3) is 11.5 Å². The summed E-state index contributed by atoms with van der Waals surface area (Å²) >= 11 is 1.41. The van der Waals surface area contributed by atoms with E-state index in [0.717, 1.165) is 35.2 Å². The Morgan fingerprint density at radius 2 is 1.93 bits per heavy atom. The minimum absolute atomic E-state index is 0.0248. The molecule has 0 aliphatic heterocycles. The summed E-state index contributed by atoms with van der Waals surface area (Å²) in [4.78, 5) is 28.5. The number of aryl methyl sites for hydroxylation is 1. The highest BCUT2D eigenvalue weighted by Gasteiger charge is 2.16. The van der Waals surface area contributed by atoms with Crippen LogP contribution in [0.5, 0.6) is 0 Å². The quantitative estimate of drug-likeness (QED) is 0.590. The summed E-state index contributed by atoms with van der Waals surface area (Å²) in [5, 5.41) is 4.68. The average Bonchev–Trinajstić information content (AvgIpc) is 3.17. The molecule has 0 saturated carbocycles. The number of carbonyl (C=O) groups excluding carboxylic acids is 1. The van der Waals surface area contributed by atoms with E-state index in [4.69, 9.17) is 0 Å². The molecule has 1 N–H and O–H groups in total. The number of fused-ring (bicyclic) bond motifs is 3. The van der Waals surface area contributed by atoms with Crippen molar-refractivity contribution in [3.63, 3.8) is 0 Å². The number of pyridine rings is 1. The maximum absolute atomic E-state index is 12.9. The number of thiophene rings is 1. The SMILES string of the molecule is CCCCN(CC)CCNC(=O)c1cc2c(=O)n(CC)c3ccccc3c2s1. The number of nitrogens with one attached hydrogen (secondary N) is 1. The van der Waals surface area contributed by atoms with Crippen LogP contribution in [0.15, 0.2) is 35.1 Å². The first-order valence-electron chi connectivity index (χ1n) is 10.2. The van der Waals surface area contributed by atoms with E-state index in [9.17, 15) is 9.59 Å². The third-order valence-electron chi connectivity index (χ3n) is 5.18. The van der Waals surface area contributed by atoms with Crippen molar-refractivity contribution in [2.24, 2.45) is 0 Å². The van der Waals surface area contributed by atoms with Gasteiger partial charge >= 0.3 is 0 Å². The lowest BCUT2D eigenvalue weighted by Gasteiger charge is -2.19. The molecular weight excluding hydrogens is 370 g/mol. The van der Waals surface area contributed by atoms with Gasteiger partial charge in [0, 0.05) is 29.7 Å². The number of para-hydroxylation sites is 1. The van der Waals surface area contributed by atoms with Crippen molar-refractivity contribution in [1.82, 2.24) is 14.8 Å². The third kappa shape index (κ3) is 4.13. The second-order valence-electron chi connectivity index (χ2n) is 6.96. The molecule has 3 aromatic rings. The molecule has 0 bridgehead atoms. The third-order valence-corrected chi connectivity index (χ3v) is 6.34. The zero-order valence-electron chi connectivity index (χ0n) is 17.0. The maximum Gasteiger partial charge on any atom is 0.261 e. The zero-order chi connectivity index (χ0) is 20.1. The van der Waals surface area contributed by atoms with E-state index in [1.54, 1.807) is 10.6 Å². The molecule has 0 spiro atoms. The second-order valence-corrected chi connectivity index (χ2v) is 8.02. The molecule has 2 aromatic heterocycles. The van der Waals surface area contributed by atoms with Crippen LogP contribution in [0.3, 0.4) is 0 Å². The van der Waals surface area contributed by atoms with E-state index >= 15 is 0 Å². The molecular formula is C22H29N3O2S. The van der Waals surface area contributed by atoms with Crippen LogP contribution in [0.1, 0.15) is 43.3 Å². The highest BCUT2D eigenvalue weighted by atomic mass is 32.1. The Kier molecular flexibility index (Phi) is 6.86. The molecule has 150 valence electrons. The van der Waals surface area contributed by atoms with Gasteiger partial charge in [-0.15, -0.1) is 11.3 Å². The fraction of sp³-hybridized carbons (Fsp3) is 0.455. The van der Waals surface area contributed by atoms with Crippen molar-refractivity contribution in [2.45, 2.75) is 40.2 Å². The predicted octanol–water partition coefficient (Wildman–Crippen LogP) is 4.09. The molecule has 1 aromatic carbocycles. The average molecular weight is 400 g/mol. The van der Waals surface area contributed by atoms with Gasteiger partial charge in [-0.1, -0.05) is 38.5 Å². The fourth-order valence-corrected chi connectivity index (χ4v) is 4.66. The molecule has 6 heteroatoms. The van der Waals surface area contributed by atoms with Gasteiger partial charge in [0.15, 0.2) is 0 Å². The highest BCUT2D eigenvalue weighted by Crippen LogP contribution is 2.30. The van der Waals surface area contributed by atoms with Crippen molar-refractivity contribution in [3.05, 3.63) is 45.6 Å². The predicted molar refractivity (Wildman–Crippen MR) is 119 cm³/mol. The molecule has 0 atom stereocenters. The van der Waals surface area contributed by atoms with Gasteiger partial charge in [-0.05, 0) is 38.6 Å². The number of nitrogens with zero attached hydrogens (tertiary/aromatic N) is 2. The lowest BCUT2D eigenvalue weighted by atomic mass is 10.1. The van der Waals surface area contributed by atoms with Gasteiger partial charge in [0.1, 0.15) is 0 Å². The number of likely N-dealkylation sites (N-methyl/N-ethyl adjacent to an activating group) is 1. The summed E-state index contributed by atoms with van der Waals surface area (Å²) in [6, 6.07) is 9.66. The highest BCUT2D eigenvalue weighted by molar-refractivity contribution is 7.21. The number of benzene rings is 1. The lowest BCUT2D eigenvalue weighted by Crippen LogP contribution is -2.35. The number of hydrogen-bond donors (Lipinski definition) is 1. The van der Waals surface area contributed by atoms with Gasteiger partial charge in [-0.3, -0.25) is 9.59 Å². The Bertz CT molecular complexity index is 1020. The van der Waals surface area contributed by atoms with Crippen LogP contribution in [-0.2, 0) is 6.54 Å². The summed E-state index contributed by atoms with van der Waals surface area (Å²) in [5.74, 6) is -0.0979. The minimum atomic E-state index is -0.0979. The largest absolute Gasteiger partial charge is 0.350 e. The molecule has 1 amide bonds. The Balaban J connectivity index is 1.82. The van der Waals surface area contributed by atoms with Crippen LogP contribution in [0, 0.1) is 0 Å². The molecule has 0 radical (unpaired) electrons. The maximum atomic E-state index is 12.9. The lowest BCUT2D eigenvalue weighted by molar-refractivity contribution is 0.0952. The van der Waals surface area contributed by atoms with Crippen molar-refractivity contribution >= 4 is 38.2 Å². The Labute approximate surface area is 170 Å². The number of rotatable bonds is 9. The summed E-state index contributed by atoms with van der Waals surface area (Å²) in [7, 11) is 0. The van der Waals surface area contributed by atoms with Gasteiger partial charge in [-0.2, -0.15) is 0 Å². The minimum Gasteiger partial charge on any atom is -0.350 e. The number of carbonyl (C=O) groups is 1. The Morgan fingerprint density at radius 1 is 1.14 bits per heavy atom. The van der Waals surface area contributed by atoms with Crippen LogP contribution in [0.4, 0.5) is 0 Å². The second kappa shape index (κ2) is 9.34. The normalized spacial score (nSPS) is 11.6. The number of hydrogen-bond acceptors (Lipinski definition) is 4. The van der Waals surface area contributed by atoms with Crippen LogP contribution < -0.4 is 10.9 Å². The molecule has 0 fully saturated rings. The summed E-state index contributed by atoms with van der Waals surface area (Å²) in [6.07, 6.45) is 2.35. The van der Waals surface area contributed by atoms with Crippen LogP contribution >= 0.6 is 11.3 Å². The first kappa shape index (κ1) is 20.6. The number of amides is 1. The molecule has 0 aliphatic rings. The van der Waals surface area contributed by atoms with Crippen molar-refractivity contribution in [1.29, 1.82) is 0 Å². The van der Waals surface area contributed by atoms with E-state index in [-0.39, 0.29) is 11.5 Å². The van der Waals surface area contributed by atoms with Gasteiger partial charge < -0.3 is 14.8 Å². The van der Waals surface area contributed by atoms with E-state index < -0.39 is 0 Å². The number of unbranched alkanes of at least 4 members (excludes halogenated alkanes) is 1. The molecule has 2 heterocycles. The van der Waals surface area contributed by atoms with Gasteiger partial charge in [0.2, 0.25) is 0 Å². The van der Waals surface area contributed by atoms with Gasteiger partial charge in [0.05, 0.1) is 15.8 Å². The van der Waals surface area contributed by atoms with Crippen molar-refractivity contribution in [2.75, 3.05) is 26.2 Å². The van der Waals surface area contributed by atoms with Gasteiger partial charge in [-0.25, -0.2) is 0 Å². The first-order chi connectivity index (χ1) is 13.6. The Hall–Kier alpha value is -2.18. The van der Waals surface area contributed by atoms with Crippen LogP contribution in [-0.4, -0.2) is 41.6 Å². The zero-order valence-corrected chi connectivity index (χ0v) is 17.8. The van der Waals surface area contributed by atoms with E-state index in [1.165, 1.54) is 24.2 Å². The van der Waals surface area contributed by atoms with E-state index in [1.807, 2.05) is 31.2 Å². The van der Waals surface area contributed by atoms with Crippen molar-refractivity contribution in [3.8, 4) is 0 Å². The smallest absolute Gasteiger partial charge is 0.261 e. The Morgan fingerprint density at radius 3 is 2.64 bits per heavy atom. The van der Waals surface area contributed by atoms with Crippen molar-refractivity contribution < 1.29 is 4.79 Å². The topological polar surface area (TPSA) is 54.3 Å². The van der Waals surface area contributed by atoms with E-state index in [2.05, 4.69) is 24.1 Å². The molecule has 3 rings (SSSR count). The molecule has 0 unspecified atom stereocenters. The first-order valence-corrected chi connectivity index (χ1v) is 11.0. The molecule has 28 heavy (non-hydrogen) atoms. The molecule has 0 saturated heterocycles. The summed E-state index contributed by atoms with van der Waals surface area (Å²) in [5.41, 5.74) is 0.897. The van der Waals surface area contributed by atoms with E-state index in [0.29, 0.717) is 23.4 Å². The van der Waals surface area contributed by atoms with Crippen LogP contribution in [0.25, 0.3) is 21.0 Å². The molecule has 0 aliphatic carbocycles. The standard InChI is InChI=1S/C22H29N3O2S/c1-4-7-13-24(5-2)14-12-23-21(26)19-15-17-20(28-19)16-10-8-9-11-18(16)25(6-3)22(17)27/h8-11,15H,4-7,12-14H2,1-3H3,(H,23,26). The molecule has 5 nitrogen and oxygen atoms in total. The number of aromatic nitrogens is 1.